The first-order valence-corrected chi connectivity index (χ1v) is 10.00. The van der Waals surface area contributed by atoms with Gasteiger partial charge in [-0.3, -0.25) is 9.97 Å². The summed E-state index contributed by atoms with van der Waals surface area (Å²) in [6.45, 7) is 0.947. The fourth-order valence-corrected chi connectivity index (χ4v) is 4.40. The molecule has 0 bridgehead atoms. The molecule has 144 valence electrons. The molecule has 0 aliphatic carbocycles. The topological polar surface area (TPSA) is 104 Å². The molecule has 0 radical (unpaired) electrons. The summed E-state index contributed by atoms with van der Waals surface area (Å²) in [4.78, 5) is 19.9. The number of benzene rings is 1. The van der Waals surface area contributed by atoms with Crippen molar-refractivity contribution in [1.29, 1.82) is 0 Å². The van der Waals surface area contributed by atoms with Crippen molar-refractivity contribution in [2.24, 2.45) is 5.92 Å². The zero-order valence-corrected chi connectivity index (χ0v) is 16.1. The quantitative estimate of drug-likeness (QED) is 0.802. The van der Waals surface area contributed by atoms with Gasteiger partial charge < -0.3 is 5.11 Å². The smallest absolute Gasteiger partial charge is 0.335 e. The summed E-state index contributed by atoms with van der Waals surface area (Å²) in [6.07, 6.45) is 4.60. The molecule has 0 amide bonds. The Labute approximate surface area is 158 Å². The first-order chi connectivity index (χ1) is 12.8. The highest BCUT2D eigenvalue weighted by molar-refractivity contribution is 7.86. The van der Waals surface area contributed by atoms with E-state index in [0.717, 1.165) is 17.7 Å². The molecule has 1 atom stereocenters. The molecule has 1 aromatic heterocycles. The van der Waals surface area contributed by atoms with Crippen molar-refractivity contribution in [2.45, 2.75) is 12.8 Å². The van der Waals surface area contributed by atoms with Crippen LogP contribution < -0.4 is 0 Å². The second-order valence-electron chi connectivity index (χ2n) is 6.74. The Morgan fingerprint density at radius 3 is 2.52 bits per heavy atom. The van der Waals surface area contributed by atoms with Gasteiger partial charge in [0, 0.05) is 45.1 Å². The number of hydrogen-bond acceptors (Lipinski definition) is 5. The van der Waals surface area contributed by atoms with Crippen LogP contribution in [-0.4, -0.2) is 65.3 Å². The minimum atomic E-state index is -3.40. The molecule has 1 saturated heterocycles. The van der Waals surface area contributed by atoms with Crippen LogP contribution in [0, 0.1) is 5.92 Å². The van der Waals surface area contributed by atoms with Crippen molar-refractivity contribution in [2.75, 3.05) is 27.2 Å². The SMILES string of the molecule is CN(C)S(=O)(=O)N1CC[C@@H](Cc2nccnc2-c2ccc(C(=O)O)cc2)C1. The molecule has 27 heavy (non-hydrogen) atoms. The molecule has 1 aliphatic rings. The minimum Gasteiger partial charge on any atom is -0.478 e. The molecule has 1 fully saturated rings. The van der Waals surface area contributed by atoms with Gasteiger partial charge in [0.15, 0.2) is 0 Å². The lowest BCUT2D eigenvalue weighted by Crippen LogP contribution is -2.38. The van der Waals surface area contributed by atoms with E-state index in [1.807, 2.05) is 0 Å². The summed E-state index contributed by atoms with van der Waals surface area (Å²) >= 11 is 0. The van der Waals surface area contributed by atoms with Gasteiger partial charge in [-0.15, -0.1) is 0 Å². The average Bonchev–Trinajstić information content (AvgIpc) is 3.11. The van der Waals surface area contributed by atoms with Gasteiger partial charge in [-0.2, -0.15) is 17.0 Å². The van der Waals surface area contributed by atoms with Gasteiger partial charge in [0.2, 0.25) is 0 Å². The average molecular weight is 390 g/mol. The van der Waals surface area contributed by atoms with Crippen LogP contribution in [0.25, 0.3) is 11.3 Å². The molecule has 9 heteroatoms. The fraction of sp³-hybridized carbons (Fsp3) is 0.389. The largest absolute Gasteiger partial charge is 0.478 e. The minimum absolute atomic E-state index is 0.161. The molecule has 0 saturated carbocycles. The molecule has 1 aromatic carbocycles. The summed E-state index contributed by atoms with van der Waals surface area (Å²) in [6, 6.07) is 6.51. The molecule has 0 unspecified atom stereocenters. The van der Waals surface area contributed by atoms with Crippen LogP contribution >= 0.6 is 0 Å². The van der Waals surface area contributed by atoms with Gasteiger partial charge in [0.25, 0.3) is 10.2 Å². The Kier molecular flexibility index (Phi) is 5.54. The van der Waals surface area contributed by atoms with Crippen LogP contribution in [0.3, 0.4) is 0 Å². The highest BCUT2D eigenvalue weighted by atomic mass is 32.2. The first-order valence-electron chi connectivity index (χ1n) is 8.60. The van der Waals surface area contributed by atoms with Gasteiger partial charge in [-0.25, -0.2) is 4.79 Å². The number of aromatic nitrogens is 2. The maximum atomic E-state index is 12.3. The predicted octanol–water partition coefficient (Wildman–Crippen LogP) is 1.51. The van der Waals surface area contributed by atoms with Crippen molar-refractivity contribution >= 4 is 16.2 Å². The van der Waals surface area contributed by atoms with E-state index in [1.54, 1.807) is 24.5 Å². The number of aromatic carboxylic acids is 1. The number of carboxylic acid groups (broad SMARTS) is 1. The number of nitrogens with zero attached hydrogens (tertiary/aromatic N) is 4. The van der Waals surface area contributed by atoms with Crippen LogP contribution in [0.15, 0.2) is 36.7 Å². The number of carbonyl (C=O) groups is 1. The Bertz CT molecular complexity index is 929. The Balaban J connectivity index is 1.78. The van der Waals surface area contributed by atoms with Crippen molar-refractivity contribution < 1.29 is 18.3 Å². The molecule has 8 nitrogen and oxygen atoms in total. The number of hydrogen-bond donors (Lipinski definition) is 1. The van der Waals surface area contributed by atoms with Crippen molar-refractivity contribution in [3.05, 3.63) is 47.9 Å². The van der Waals surface area contributed by atoms with Crippen LogP contribution in [0.1, 0.15) is 22.5 Å². The molecular weight excluding hydrogens is 368 g/mol. The van der Waals surface area contributed by atoms with Crippen molar-refractivity contribution in [1.82, 2.24) is 18.6 Å². The third kappa shape index (κ3) is 4.15. The van der Waals surface area contributed by atoms with Crippen LogP contribution in [0.2, 0.25) is 0 Å². The third-order valence-corrected chi connectivity index (χ3v) is 6.60. The maximum Gasteiger partial charge on any atom is 0.335 e. The zero-order valence-electron chi connectivity index (χ0n) is 15.2. The van der Waals surface area contributed by atoms with Crippen LogP contribution in [0.5, 0.6) is 0 Å². The summed E-state index contributed by atoms with van der Waals surface area (Å²) in [5, 5.41) is 9.03. The molecule has 1 aliphatic heterocycles. The molecule has 1 N–H and O–H groups in total. The van der Waals surface area contributed by atoms with E-state index < -0.39 is 16.2 Å². The molecular formula is C18H22N4O4S. The van der Waals surface area contributed by atoms with E-state index in [1.165, 1.54) is 34.8 Å². The standard InChI is InChI=1S/C18H22N4O4S/c1-21(2)27(25,26)22-10-7-13(12-22)11-16-17(20-9-8-19-16)14-3-5-15(6-4-14)18(23)24/h3-6,8-9,13H,7,10-12H2,1-2H3,(H,23,24)/t13-/m0/s1. The van der Waals surface area contributed by atoms with Gasteiger partial charge >= 0.3 is 5.97 Å². The predicted molar refractivity (Wildman–Crippen MR) is 100 cm³/mol. The van der Waals surface area contributed by atoms with E-state index in [9.17, 15) is 13.2 Å². The lowest BCUT2D eigenvalue weighted by atomic mass is 9.98. The van der Waals surface area contributed by atoms with E-state index >= 15 is 0 Å². The number of rotatable bonds is 6. The highest BCUT2D eigenvalue weighted by Gasteiger charge is 2.33. The molecule has 3 rings (SSSR count). The van der Waals surface area contributed by atoms with Gasteiger partial charge in [-0.1, -0.05) is 12.1 Å². The summed E-state index contributed by atoms with van der Waals surface area (Å²) in [5.41, 5.74) is 2.49. The fourth-order valence-electron chi connectivity index (χ4n) is 3.21. The highest BCUT2D eigenvalue weighted by Crippen LogP contribution is 2.27. The van der Waals surface area contributed by atoms with E-state index in [0.29, 0.717) is 25.2 Å². The van der Waals surface area contributed by atoms with E-state index in [2.05, 4.69) is 9.97 Å². The Morgan fingerprint density at radius 2 is 1.89 bits per heavy atom. The Hall–Kier alpha value is -2.36. The maximum absolute atomic E-state index is 12.3. The lowest BCUT2D eigenvalue weighted by Gasteiger charge is -2.21. The second kappa shape index (κ2) is 7.71. The van der Waals surface area contributed by atoms with Crippen molar-refractivity contribution in [3.63, 3.8) is 0 Å². The van der Waals surface area contributed by atoms with E-state index in [4.69, 9.17) is 5.11 Å². The lowest BCUT2D eigenvalue weighted by molar-refractivity contribution is 0.0697. The van der Waals surface area contributed by atoms with Crippen LogP contribution in [-0.2, 0) is 16.6 Å². The second-order valence-corrected chi connectivity index (χ2v) is 8.88. The van der Waals surface area contributed by atoms with Gasteiger partial charge in [0.05, 0.1) is 17.0 Å². The Morgan fingerprint density at radius 1 is 1.22 bits per heavy atom. The third-order valence-electron chi connectivity index (χ3n) is 4.70. The van der Waals surface area contributed by atoms with Gasteiger partial charge in [-0.05, 0) is 30.9 Å². The zero-order chi connectivity index (χ0) is 19.6. The summed E-state index contributed by atoms with van der Waals surface area (Å²) in [5.74, 6) is -0.817. The van der Waals surface area contributed by atoms with Gasteiger partial charge in [0.1, 0.15) is 0 Å². The van der Waals surface area contributed by atoms with E-state index in [-0.39, 0.29) is 11.5 Å². The monoisotopic (exact) mass is 390 g/mol. The molecule has 0 spiro atoms. The molecule has 2 heterocycles. The summed E-state index contributed by atoms with van der Waals surface area (Å²) < 4.78 is 27.3. The first kappa shape index (κ1) is 19.4. The normalized spacial score (nSPS) is 18.1. The molecule has 2 aromatic rings. The summed E-state index contributed by atoms with van der Waals surface area (Å²) in [7, 11) is -0.338. The number of carboxylic acids is 1. The van der Waals surface area contributed by atoms with Crippen LogP contribution in [0.4, 0.5) is 0 Å². The van der Waals surface area contributed by atoms with Crippen molar-refractivity contribution in [3.8, 4) is 11.3 Å².